The second kappa shape index (κ2) is 15.4. The lowest BCUT2D eigenvalue weighted by atomic mass is 9.69. The monoisotopic (exact) mass is 616 g/mol. The van der Waals surface area contributed by atoms with E-state index in [4.69, 9.17) is 23.7 Å². The minimum absolute atomic E-state index is 0.0873. The molecule has 1 aliphatic rings. The van der Waals surface area contributed by atoms with E-state index in [9.17, 15) is 30.5 Å². The number of benzene rings is 2. The third-order valence-corrected chi connectivity index (χ3v) is 8.43. The third kappa shape index (κ3) is 7.36. The lowest BCUT2D eigenvalue weighted by molar-refractivity contribution is -0.259. The fourth-order valence-electron chi connectivity index (χ4n) is 5.73. The number of carboxylic acid groups (broad SMARTS) is 1. The van der Waals surface area contributed by atoms with Crippen LogP contribution >= 0.6 is 0 Å². The molecular weight excluding hydrogens is 572 g/mol. The SMILES string of the molecule is COc1ccc(CCN(CCC[C@@](C#N)(c2ccc(OC)c(OC)c2)C(C)C)[C@@H]2O[C@H](C(=O)O)[C@@H](O)[C@H](O)[C@H]2O)cc1OC. The number of nitriles is 1. The molecule has 12 nitrogen and oxygen atoms in total. The fraction of sp³-hybridized carbons (Fsp3) is 0.562. The number of aliphatic hydroxyl groups excluding tert-OH is 3. The highest BCUT2D eigenvalue weighted by atomic mass is 16.6. The number of carbonyl (C=O) groups is 1. The van der Waals surface area contributed by atoms with Gasteiger partial charge in [-0.2, -0.15) is 5.26 Å². The Morgan fingerprint density at radius 3 is 2.05 bits per heavy atom. The van der Waals surface area contributed by atoms with Crippen LogP contribution in [0.15, 0.2) is 36.4 Å². The fourth-order valence-corrected chi connectivity index (χ4v) is 5.73. The van der Waals surface area contributed by atoms with E-state index in [-0.39, 0.29) is 12.5 Å². The highest BCUT2D eigenvalue weighted by Gasteiger charge is 2.48. The molecule has 1 aliphatic heterocycles. The summed E-state index contributed by atoms with van der Waals surface area (Å²) in [5.74, 6) is 0.622. The molecule has 4 N–H and O–H groups in total. The zero-order valence-corrected chi connectivity index (χ0v) is 26.1. The summed E-state index contributed by atoms with van der Waals surface area (Å²) >= 11 is 0. The van der Waals surface area contributed by atoms with Gasteiger partial charge in [0.1, 0.15) is 24.5 Å². The number of ether oxygens (including phenoxy) is 5. The van der Waals surface area contributed by atoms with Gasteiger partial charge in [-0.15, -0.1) is 0 Å². The van der Waals surface area contributed by atoms with E-state index >= 15 is 0 Å². The lowest BCUT2D eigenvalue weighted by Crippen LogP contribution is -2.64. The molecule has 0 amide bonds. The van der Waals surface area contributed by atoms with Gasteiger partial charge in [-0.1, -0.05) is 26.0 Å². The van der Waals surface area contributed by atoms with Gasteiger partial charge in [-0.25, -0.2) is 4.79 Å². The minimum atomic E-state index is -1.80. The van der Waals surface area contributed by atoms with Gasteiger partial charge < -0.3 is 44.1 Å². The number of methoxy groups -OCH3 is 4. The van der Waals surface area contributed by atoms with Crippen LogP contribution < -0.4 is 18.9 Å². The molecule has 0 aromatic heterocycles. The quantitative estimate of drug-likeness (QED) is 0.231. The molecule has 6 atom stereocenters. The predicted molar refractivity (Wildman–Crippen MR) is 160 cm³/mol. The molecule has 0 spiro atoms. The first-order valence-electron chi connectivity index (χ1n) is 14.5. The van der Waals surface area contributed by atoms with E-state index < -0.39 is 42.0 Å². The van der Waals surface area contributed by atoms with Crippen molar-refractivity contribution in [1.82, 2.24) is 4.90 Å². The molecule has 1 fully saturated rings. The van der Waals surface area contributed by atoms with Crippen molar-refractivity contribution in [3.05, 3.63) is 47.5 Å². The summed E-state index contributed by atoms with van der Waals surface area (Å²) in [4.78, 5) is 13.6. The summed E-state index contributed by atoms with van der Waals surface area (Å²) in [5.41, 5.74) is 0.745. The van der Waals surface area contributed by atoms with Gasteiger partial charge in [-0.05, 0) is 60.6 Å². The number of hydrogen-bond acceptors (Lipinski definition) is 11. The molecule has 242 valence electrons. The molecular formula is C32H44N2O10. The van der Waals surface area contributed by atoms with Crippen LogP contribution in [0.5, 0.6) is 23.0 Å². The van der Waals surface area contributed by atoms with Gasteiger partial charge in [0, 0.05) is 13.1 Å². The third-order valence-electron chi connectivity index (χ3n) is 8.43. The standard InChI is InChI=1S/C32H44N2O10/c1-19(2)32(18-33,21-9-11-23(41-4)25(17-21)43-6)13-7-14-34(15-12-20-8-10-22(40-3)24(16-20)42-5)30-28(37)26(35)27(36)29(44-30)31(38)39/h8-11,16-17,19,26-30,35-37H,7,12-15H2,1-6H3,(H,38,39)/t26-,27-,28+,29-,30+,32-/m0/s1. The Morgan fingerprint density at radius 2 is 1.50 bits per heavy atom. The Bertz CT molecular complexity index is 1300. The molecule has 0 bridgehead atoms. The van der Waals surface area contributed by atoms with Gasteiger partial charge in [0.2, 0.25) is 0 Å². The average molecular weight is 617 g/mol. The Hall–Kier alpha value is -3.60. The highest BCUT2D eigenvalue weighted by molar-refractivity contribution is 5.73. The highest BCUT2D eigenvalue weighted by Crippen LogP contribution is 2.41. The van der Waals surface area contributed by atoms with Gasteiger partial charge >= 0.3 is 5.97 Å². The van der Waals surface area contributed by atoms with E-state index in [0.717, 1.165) is 11.1 Å². The van der Waals surface area contributed by atoms with Gasteiger partial charge in [-0.3, -0.25) is 4.90 Å². The second-order valence-electron chi connectivity index (χ2n) is 11.1. The molecule has 12 heteroatoms. The zero-order chi connectivity index (χ0) is 32.6. The predicted octanol–water partition coefficient (Wildman–Crippen LogP) is 2.36. The largest absolute Gasteiger partial charge is 0.493 e. The Balaban J connectivity index is 1.91. The maximum absolute atomic E-state index is 11.8. The van der Waals surface area contributed by atoms with Crippen molar-refractivity contribution in [2.75, 3.05) is 41.5 Å². The summed E-state index contributed by atoms with van der Waals surface area (Å²) in [6.07, 6.45) is -6.76. The topological polar surface area (TPSA) is 171 Å². The summed E-state index contributed by atoms with van der Waals surface area (Å²) in [7, 11) is 6.15. The molecule has 0 radical (unpaired) electrons. The van der Waals surface area contributed by atoms with Crippen LogP contribution in [0.4, 0.5) is 0 Å². The molecule has 44 heavy (non-hydrogen) atoms. The lowest BCUT2D eigenvalue weighted by Gasteiger charge is -2.44. The summed E-state index contributed by atoms with van der Waals surface area (Å²) in [6, 6.07) is 13.4. The summed E-state index contributed by atoms with van der Waals surface area (Å²) in [6.45, 7) is 4.52. The molecule has 0 aliphatic carbocycles. The van der Waals surface area contributed by atoms with Crippen LogP contribution in [0, 0.1) is 17.2 Å². The van der Waals surface area contributed by atoms with Crippen LogP contribution in [0.3, 0.4) is 0 Å². The number of nitrogens with zero attached hydrogens (tertiary/aromatic N) is 2. The van der Waals surface area contributed by atoms with Crippen molar-refractivity contribution in [2.24, 2.45) is 5.92 Å². The van der Waals surface area contributed by atoms with Crippen LogP contribution in [0.1, 0.15) is 37.8 Å². The average Bonchev–Trinajstić information content (AvgIpc) is 3.03. The van der Waals surface area contributed by atoms with Crippen LogP contribution in [0.25, 0.3) is 0 Å². The second-order valence-corrected chi connectivity index (χ2v) is 11.1. The van der Waals surface area contributed by atoms with Gasteiger partial charge in [0.25, 0.3) is 0 Å². The van der Waals surface area contributed by atoms with Crippen molar-refractivity contribution in [3.63, 3.8) is 0 Å². The Morgan fingerprint density at radius 1 is 0.909 bits per heavy atom. The van der Waals surface area contributed by atoms with Gasteiger partial charge in [0.05, 0.1) is 39.9 Å². The molecule has 1 heterocycles. The van der Waals surface area contributed by atoms with Crippen molar-refractivity contribution in [1.29, 1.82) is 5.26 Å². The maximum Gasteiger partial charge on any atom is 0.335 e. The number of rotatable bonds is 15. The Labute approximate surface area is 258 Å². The first kappa shape index (κ1) is 34.9. The van der Waals surface area contributed by atoms with E-state index in [0.29, 0.717) is 48.8 Å². The number of hydrogen-bond donors (Lipinski definition) is 4. The molecule has 2 aromatic rings. The van der Waals surface area contributed by atoms with Crippen molar-refractivity contribution >= 4 is 5.97 Å². The number of carboxylic acids is 1. The first-order valence-corrected chi connectivity index (χ1v) is 14.5. The Kier molecular flexibility index (Phi) is 12.2. The first-order chi connectivity index (χ1) is 21.0. The summed E-state index contributed by atoms with van der Waals surface area (Å²) < 4.78 is 27.3. The van der Waals surface area contributed by atoms with Crippen molar-refractivity contribution < 1.29 is 48.9 Å². The van der Waals surface area contributed by atoms with Crippen molar-refractivity contribution in [3.8, 4) is 29.1 Å². The summed E-state index contributed by atoms with van der Waals surface area (Å²) in [5, 5.41) is 51.8. The maximum atomic E-state index is 11.8. The van der Waals surface area contributed by atoms with E-state index in [1.54, 1.807) is 37.3 Å². The molecule has 3 rings (SSSR count). The van der Waals surface area contributed by atoms with Crippen LogP contribution in [-0.2, 0) is 21.4 Å². The van der Waals surface area contributed by atoms with E-state index in [1.165, 1.54) is 14.2 Å². The molecule has 1 saturated heterocycles. The van der Waals surface area contributed by atoms with Crippen molar-refractivity contribution in [2.45, 2.75) is 69.2 Å². The van der Waals surface area contributed by atoms with Crippen LogP contribution in [-0.4, -0.2) is 103 Å². The van der Waals surface area contributed by atoms with E-state index in [1.807, 2.05) is 32.0 Å². The minimum Gasteiger partial charge on any atom is -0.493 e. The normalized spacial score (nSPS) is 23.1. The zero-order valence-electron chi connectivity index (χ0n) is 26.1. The number of aliphatic carboxylic acids is 1. The molecule has 0 unspecified atom stereocenters. The van der Waals surface area contributed by atoms with Crippen LogP contribution in [0.2, 0.25) is 0 Å². The number of aliphatic hydroxyl groups is 3. The smallest absolute Gasteiger partial charge is 0.335 e. The van der Waals surface area contributed by atoms with Gasteiger partial charge in [0.15, 0.2) is 29.1 Å². The molecule has 0 saturated carbocycles. The molecule has 2 aromatic carbocycles. The van der Waals surface area contributed by atoms with E-state index in [2.05, 4.69) is 6.07 Å².